The van der Waals surface area contributed by atoms with Crippen molar-refractivity contribution in [3.05, 3.63) is 59.9 Å². The Labute approximate surface area is 164 Å². The van der Waals surface area contributed by atoms with Gasteiger partial charge in [0.25, 0.3) is 0 Å². The highest BCUT2D eigenvalue weighted by atomic mass is 19.1. The number of aryl methyl sites for hydroxylation is 1. The minimum atomic E-state index is -0.672. The van der Waals surface area contributed by atoms with Gasteiger partial charge in [-0.2, -0.15) is 0 Å². The van der Waals surface area contributed by atoms with E-state index in [1.165, 1.54) is 12.1 Å². The molecule has 0 spiro atoms. The number of benzene rings is 2. The quantitative estimate of drug-likeness (QED) is 0.472. The Morgan fingerprint density at radius 3 is 2.50 bits per heavy atom. The van der Waals surface area contributed by atoms with Crippen molar-refractivity contribution in [2.45, 2.75) is 32.2 Å². The molecule has 2 amide bonds. The minimum absolute atomic E-state index is 0.0609. The third kappa shape index (κ3) is 7.36. The third-order valence-electron chi connectivity index (χ3n) is 4.20. The Balaban J connectivity index is 1.93. The summed E-state index contributed by atoms with van der Waals surface area (Å²) in [6.45, 7) is 2.43. The van der Waals surface area contributed by atoms with Gasteiger partial charge in [-0.3, -0.25) is 9.59 Å². The summed E-state index contributed by atoms with van der Waals surface area (Å²) in [7, 11) is 0. The van der Waals surface area contributed by atoms with Gasteiger partial charge in [-0.1, -0.05) is 23.8 Å². The molecule has 2 rings (SSSR count). The van der Waals surface area contributed by atoms with Crippen LogP contribution in [0.25, 0.3) is 0 Å². The molecule has 2 aromatic rings. The fourth-order valence-corrected chi connectivity index (χ4v) is 2.65. The fourth-order valence-electron chi connectivity index (χ4n) is 2.65. The lowest BCUT2D eigenvalue weighted by atomic mass is 10.1. The van der Waals surface area contributed by atoms with E-state index in [0.717, 1.165) is 18.4 Å². The Morgan fingerprint density at radius 1 is 1.07 bits per heavy atom. The lowest BCUT2D eigenvalue weighted by Crippen LogP contribution is -2.45. The first-order valence-electron chi connectivity index (χ1n) is 9.34. The monoisotopic (exact) mass is 386 g/mol. The zero-order chi connectivity index (χ0) is 20.4. The molecule has 28 heavy (non-hydrogen) atoms. The number of carbonyl (C=O) groups is 2. The molecule has 0 heterocycles. The molecule has 0 saturated carbocycles. The Hall–Kier alpha value is -2.93. The summed E-state index contributed by atoms with van der Waals surface area (Å²) in [6.07, 6.45) is 1.98. The number of rotatable bonds is 10. The summed E-state index contributed by atoms with van der Waals surface area (Å²) < 4.78 is 13.2. The van der Waals surface area contributed by atoms with Crippen molar-refractivity contribution in [3.63, 3.8) is 0 Å². The van der Waals surface area contributed by atoms with Gasteiger partial charge < -0.3 is 21.7 Å². The van der Waals surface area contributed by atoms with E-state index in [-0.39, 0.29) is 24.2 Å². The third-order valence-corrected chi connectivity index (χ3v) is 4.20. The van der Waals surface area contributed by atoms with Crippen molar-refractivity contribution in [2.75, 3.05) is 23.7 Å². The molecule has 5 N–H and O–H groups in total. The van der Waals surface area contributed by atoms with Crippen LogP contribution in [0, 0.1) is 12.7 Å². The van der Waals surface area contributed by atoms with Crippen molar-refractivity contribution in [3.8, 4) is 0 Å². The van der Waals surface area contributed by atoms with Crippen LogP contribution in [-0.4, -0.2) is 30.9 Å². The first-order chi connectivity index (χ1) is 13.5. The topological polar surface area (TPSA) is 96.2 Å². The van der Waals surface area contributed by atoms with Crippen LogP contribution in [0.3, 0.4) is 0 Å². The normalized spacial score (nSPS) is 11.5. The standard InChI is InChI=1S/C21H27FN4O2/c1-15-8-10-17(11-9-15)25-21(28)19(7-2-3-12-23)26-20(27)14-24-18-6-4-5-16(22)13-18/h4-6,8-11,13,19,24H,2-3,7,12,14,23H2,1H3,(H,25,28)(H,26,27). The number of nitrogens with one attached hydrogen (secondary N) is 3. The highest BCUT2D eigenvalue weighted by Gasteiger charge is 2.20. The van der Waals surface area contributed by atoms with Crippen LogP contribution in [0.1, 0.15) is 24.8 Å². The van der Waals surface area contributed by atoms with Gasteiger partial charge in [-0.15, -0.1) is 0 Å². The average molecular weight is 386 g/mol. The molecule has 2 aromatic carbocycles. The van der Waals surface area contributed by atoms with Crippen LogP contribution >= 0.6 is 0 Å². The minimum Gasteiger partial charge on any atom is -0.376 e. The first kappa shape index (κ1) is 21.4. The maximum atomic E-state index is 13.2. The fraction of sp³-hybridized carbons (Fsp3) is 0.333. The zero-order valence-corrected chi connectivity index (χ0v) is 16.0. The lowest BCUT2D eigenvalue weighted by molar-refractivity contribution is -0.125. The molecule has 0 fully saturated rings. The van der Waals surface area contributed by atoms with Gasteiger partial charge in [-0.25, -0.2) is 4.39 Å². The van der Waals surface area contributed by atoms with Crippen LogP contribution in [0.5, 0.6) is 0 Å². The summed E-state index contributed by atoms with van der Waals surface area (Å²) in [5.74, 6) is -1.01. The molecule has 0 aliphatic heterocycles. The second-order valence-corrected chi connectivity index (χ2v) is 6.62. The van der Waals surface area contributed by atoms with Crippen molar-refractivity contribution in [1.82, 2.24) is 5.32 Å². The van der Waals surface area contributed by atoms with Gasteiger partial charge >= 0.3 is 0 Å². The molecule has 0 aliphatic rings. The van der Waals surface area contributed by atoms with E-state index in [4.69, 9.17) is 5.73 Å². The molecular formula is C21H27FN4O2. The van der Waals surface area contributed by atoms with E-state index in [1.54, 1.807) is 12.1 Å². The number of unbranched alkanes of at least 4 members (excludes halogenated alkanes) is 1. The van der Waals surface area contributed by atoms with Gasteiger partial charge in [0.2, 0.25) is 11.8 Å². The molecular weight excluding hydrogens is 359 g/mol. The molecule has 1 atom stereocenters. The molecule has 6 nitrogen and oxygen atoms in total. The first-order valence-corrected chi connectivity index (χ1v) is 9.34. The van der Waals surface area contributed by atoms with Crippen LogP contribution in [0.2, 0.25) is 0 Å². The molecule has 0 radical (unpaired) electrons. The second kappa shape index (κ2) is 11.0. The number of anilines is 2. The van der Waals surface area contributed by atoms with Crippen molar-refractivity contribution < 1.29 is 14.0 Å². The average Bonchev–Trinajstić information content (AvgIpc) is 2.67. The highest BCUT2D eigenvalue weighted by Crippen LogP contribution is 2.11. The van der Waals surface area contributed by atoms with Gasteiger partial charge in [0.05, 0.1) is 6.54 Å². The van der Waals surface area contributed by atoms with Crippen LogP contribution < -0.4 is 21.7 Å². The Kier molecular flexibility index (Phi) is 8.42. The largest absolute Gasteiger partial charge is 0.376 e. The smallest absolute Gasteiger partial charge is 0.246 e. The van der Waals surface area contributed by atoms with E-state index >= 15 is 0 Å². The predicted octanol–water partition coefficient (Wildman–Crippen LogP) is 2.80. The number of nitrogens with two attached hydrogens (primary N) is 1. The molecule has 0 aliphatic carbocycles. The SMILES string of the molecule is Cc1ccc(NC(=O)C(CCCCN)NC(=O)CNc2cccc(F)c2)cc1. The van der Waals surface area contributed by atoms with Crippen molar-refractivity contribution in [1.29, 1.82) is 0 Å². The van der Waals surface area contributed by atoms with Gasteiger partial charge in [0, 0.05) is 11.4 Å². The predicted molar refractivity (Wildman–Crippen MR) is 110 cm³/mol. The number of hydrogen-bond donors (Lipinski definition) is 4. The number of carbonyl (C=O) groups excluding carboxylic acids is 2. The molecule has 0 aromatic heterocycles. The Morgan fingerprint density at radius 2 is 1.82 bits per heavy atom. The van der Waals surface area contributed by atoms with E-state index in [1.807, 2.05) is 31.2 Å². The zero-order valence-electron chi connectivity index (χ0n) is 16.0. The summed E-state index contributed by atoms with van der Waals surface area (Å²) in [5.41, 5.74) is 7.79. The van der Waals surface area contributed by atoms with Gasteiger partial charge in [0.1, 0.15) is 11.9 Å². The lowest BCUT2D eigenvalue weighted by Gasteiger charge is -2.19. The molecule has 150 valence electrons. The van der Waals surface area contributed by atoms with Crippen LogP contribution in [-0.2, 0) is 9.59 Å². The number of amides is 2. The second-order valence-electron chi connectivity index (χ2n) is 6.62. The maximum Gasteiger partial charge on any atom is 0.246 e. The van der Waals surface area contributed by atoms with E-state index in [2.05, 4.69) is 16.0 Å². The van der Waals surface area contributed by atoms with E-state index < -0.39 is 6.04 Å². The summed E-state index contributed by atoms with van der Waals surface area (Å²) >= 11 is 0. The highest BCUT2D eigenvalue weighted by molar-refractivity contribution is 5.97. The Bertz CT molecular complexity index is 780. The summed E-state index contributed by atoms with van der Waals surface area (Å²) in [6, 6.07) is 12.6. The van der Waals surface area contributed by atoms with Crippen molar-refractivity contribution >= 4 is 23.2 Å². The van der Waals surface area contributed by atoms with Gasteiger partial charge in [-0.05, 0) is 63.1 Å². The molecule has 0 bridgehead atoms. The van der Waals surface area contributed by atoms with Crippen molar-refractivity contribution in [2.24, 2.45) is 5.73 Å². The summed E-state index contributed by atoms with van der Waals surface area (Å²) in [5, 5.41) is 8.42. The van der Waals surface area contributed by atoms with E-state index in [9.17, 15) is 14.0 Å². The van der Waals surface area contributed by atoms with E-state index in [0.29, 0.717) is 24.3 Å². The summed E-state index contributed by atoms with van der Waals surface area (Å²) in [4.78, 5) is 24.9. The maximum absolute atomic E-state index is 13.2. The number of hydrogen-bond acceptors (Lipinski definition) is 4. The molecule has 1 unspecified atom stereocenters. The molecule has 7 heteroatoms. The van der Waals surface area contributed by atoms with Crippen LogP contribution in [0.4, 0.5) is 15.8 Å². The van der Waals surface area contributed by atoms with Gasteiger partial charge in [0.15, 0.2) is 0 Å². The van der Waals surface area contributed by atoms with Crippen LogP contribution in [0.15, 0.2) is 48.5 Å². The number of halogens is 1. The molecule has 0 saturated heterocycles.